The SMILES string of the molecule is COc1cc(COC[C@@H]2OC(=O)C[C@H]2O)cc(OC)c1OC. The Balaban J connectivity index is 1.99. The van der Waals surface area contributed by atoms with Crippen LogP contribution in [-0.2, 0) is 20.9 Å². The molecule has 1 saturated heterocycles. The fraction of sp³-hybridized carbons (Fsp3) is 0.533. The number of carbonyl (C=O) groups is 1. The summed E-state index contributed by atoms with van der Waals surface area (Å²) in [6.45, 7) is 0.390. The first-order valence-electron chi connectivity index (χ1n) is 6.83. The summed E-state index contributed by atoms with van der Waals surface area (Å²) < 4.78 is 26.2. The van der Waals surface area contributed by atoms with Crippen LogP contribution in [0.5, 0.6) is 17.2 Å². The molecule has 0 amide bonds. The molecule has 1 aliphatic heterocycles. The van der Waals surface area contributed by atoms with Gasteiger partial charge in [-0.3, -0.25) is 4.79 Å². The topological polar surface area (TPSA) is 83.5 Å². The Morgan fingerprint density at radius 2 is 1.82 bits per heavy atom. The molecule has 1 N–H and O–H groups in total. The van der Waals surface area contributed by atoms with Gasteiger partial charge >= 0.3 is 5.97 Å². The van der Waals surface area contributed by atoms with Gasteiger partial charge in [-0.15, -0.1) is 0 Å². The number of rotatable bonds is 7. The van der Waals surface area contributed by atoms with Crippen LogP contribution in [0.3, 0.4) is 0 Å². The Labute approximate surface area is 128 Å². The molecule has 2 atom stereocenters. The standard InChI is InChI=1S/C15H20O7/c1-18-11-4-9(5-12(19-2)15(11)20-3)7-21-8-13-10(16)6-14(17)22-13/h4-5,10,13,16H,6-8H2,1-3H3/t10-,13+/m1/s1. The minimum absolute atomic E-state index is 0.0121. The van der Waals surface area contributed by atoms with Gasteiger partial charge in [-0.25, -0.2) is 0 Å². The van der Waals surface area contributed by atoms with E-state index in [-0.39, 0.29) is 19.6 Å². The summed E-state index contributed by atoms with van der Waals surface area (Å²) in [5.41, 5.74) is 0.813. The smallest absolute Gasteiger partial charge is 0.309 e. The number of hydrogen-bond acceptors (Lipinski definition) is 7. The van der Waals surface area contributed by atoms with E-state index in [0.717, 1.165) is 5.56 Å². The molecule has 1 aromatic rings. The highest BCUT2D eigenvalue weighted by molar-refractivity contribution is 5.72. The van der Waals surface area contributed by atoms with Crippen LogP contribution in [0.4, 0.5) is 0 Å². The summed E-state index contributed by atoms with van der Waals surface area (Å²) in [6.07, 6.45) is -1.42. The molecule has 2 rings (SSSR count). The Morgan fingerprint density at radius 1 is 1.18 bits per heavy atom. The minimum atomic E-state index is -0.813. The predicted octanol–water partition coefficient (Wildman–Crippen LogP) is 0.905. The largest absolute Gasteiger partial charge is 0.493 e. The van der Waals surface area contributed by atoms with Crippen LogP contribution in [0.1, 0.15) is 12.0 Å². The third-order valence-corrected chi connectivity index (χ3v) is 3.36. The van der Waals surface area contributed by atoms with E-state index in [1.165, 1.54) is 21.3 Å². The predicted molar refractivity (Wildman–Crippen MR) is 76.3 cm³/mol. The van der Waals surface area contributed by atoms with E-state index in [1.54, 1.807) is 12.1 Å². The number of hydrogen-bond donors (Lipinski definition) is 1. The van der Waals surface area contributed by atoms with E-state index in [0.29, 0.717) is 17.2 Å². The van der Waals surface area contributed by atoms with Crippen LogP contribution >= 0.6 is 0 Å². The van der Waals surface area contributed by atoms with Gasteiger partial charge in [0.2, 0.25) is 5.75 Å². The number of methoxy groups -OCH3 is 3. The van der Waals surface area contributed by atoms with Crippen molar-refractivity contribution in [3.05, 3.63) is 17.7 Å². The molecule has 1 fully saturated rings. The van der Waals surface area contributed by atoms with Gasteiger partial charge in [-0.1, -0.05) is 0 Å². The first-order valence-corrected chi connectivity index (χ1v) is 6.83. The second kappa shape index (κ2) is 7.33. The van der Waals surface area contributed by atoms with Crippen molar-refractivity contribution in [2.75, 3.05) is 27.9 Å². The maximum absolute atomic E-state index is 11.0. The van der Waals surface area contributed by atoms with Crippen molar-refractivity contribution in [3.63, 3.8) is 0 Å². The first-order chi connectivity index (χ1) is 10.6. The number of esters is 1. The van der Waals surface area contributed by atoms with E-state index >= 15 is 0 Å². The van der Waals surface area contributed by atoms with Crippen molar-refractivity contribution in [2.24, 2.45) is 0 Å². The molecule has 0 bridgehead atoms. The second-order valence-electron chi connectivity index (χ2n) is 4.85. The van der Waals surface area contributed by atoms with Crippen LogP contribution < -0.4 is 14.2 Å². The molecule has 1 aromatic carbocycles. The zero-order chi connectivity index (χ0) is 16.1. The van der Waals surface area contributed by atoms with Crippen LogP contribution in [-0.4, -0.2) is 51.2 Å². The number of carbonyl (C=O) groups excluding carboxylic acids is 1. The van der Waals surface area contributed by atoms with E-state index in [1.807, 2.05) is 0 Å². The molecule has 122 valence electrons. The van der Waals surface area contributed by atoms with Gasteiger partial charge < -0.3 is 28.8 Å². The van der Waals surface area contributed by atoms with Crippen LogP contribution in [0.25, 0.3) is 0 Å². The molecule has 7 nitrogen and oxygen atoms in total. The van der Waals surface area contributed by atoms with Gasteiger partial charge in [0.15, 0.2) is 17.6 Å². The quantitative estimate of drug-likeness (QED) is 0.749. The molecule has 22 heavy (non-hydrogen) atoms. The zero-order valence-corrected chi connectivity index (χ0v) is 12.8. The maximum atomic E-state index is 11.0. The summed E-state index contributed by atoms with van der Waals surface area (Å²) in [4.78, 5) is 11.0. The lowest BCUT2D eigenvalue weighted by molar-refractivity contribution is -0.144. The number of benzene rings is 1. The highest BCUT2D eigenvalue weighted by atomic mass is 16.6. The summed E-state index contributed by atoms with van der Waals surface area (Å²) in [5.74, 6) is 1.17. The highest BCUT2D eigenvalue weighted by Gasteiger charge is 2.33. The van der Waals surface area contributed by atoms with Crippen LogP contribution in [0.2, 0.25) is 0 Å². The molecule has 7 heteroatoms. The number of aliphatic hydroxyl groups excluding tert-OH is 1. The summed E-state index contributed by atoms with van der Waals surface area (Å²) in [5, 5.41) is 9.61. The Hall–Kier alpha value is -1.99. The van der Waals surface area contributed by atoms with Gasteiger partial charge in [-0.05, 0) is 17.7 Å². The fourth-order valence-electron chi connectivity index (χ4n) is 2.25. The Bertz CT molecular complexity index is 504. The minimum Gasteiger partial charge on any atom is -0.493 e. The molecule has 0 spiro atoms. The first kappa shape index (κ1) is 16.4. The Morgan fingerprint density at radius 3 is 2.27 bits per heavy atom. The number of ether oxygens (including phenoxy) is 5. The van der Waals surface area contributed by atoms with E-state index in [2.05, 4.69) is 0 Å². The van der Waals surface area contributed by atoms with Gasteiger partial charge in [0, 0.05) is 0 Å². The molecule has 0 aliphatic carbocycles. The summed E-state index contributed by atoms with van der Waals surface area (Å²) in [7, 11) is 4.61. The van der Waals surface area contributed by atoms with Gasteiger partial charge in [0.05, 0.1) is 41.0 Å². The lowest BCUT2D eigenvalue weighted by Crippen LogP contribution is -2.26. The average molecular weight is 312 g/mol. The average Bonchev–Trinajstić information content (AvgIpc) is 2.84. The van der Waals surface area contributed by atoms with Crippen molar-refractivity contribution in [1.82, 2.24) is 0 Å². The molecule has 1 heterocycles. The number of aliphatic hydroxyl groups is 1. The summed E-state index contributed by atoms with van der Waals surface area (Å²) in [6, 6.07) is 3.55. The monoisotopic (exact) mass is 312 g/mol. The third kappa shape index (κ3) is 3.61. The van der Waals surface area contributed by atoms with Gasteiger partial charge in [-0.2, -0.15) is 0 Å². The molecule has 0 unspecified atom stereocenters. The van der Waals surface area contributed by atoms with Crippen LogP contribution in [0, 0.1) is 0 Å². The molecular formula is C15H20O7. The van der Waals surface area contributed by atoms with Gasteiger partial charge in [0.25, 0.3) is 0 Å². The fourth-order valence-corrected chi connectivity index (χ4v) is 2.25. The summed E-state index contributed by atoms with van der Waals surface area (Å²) >= 11 is 0. The van der Waals surface area contributed by atoms with Crippen molar-refractivity contribution in [1.29, 1.82) is 0 Å². The Kier molecular flexibility index (Phi) is 5.46. The van der Waals surface area contributed by atoms with Crippen molar-refractivity contribution < 1.29 is 33.6 Å². The van der Waals surface area contributed by atoms with Crippen molar-refractivity contribution >= 4 is 5.97 Å². The normalized spacial score (nSPS) is 20.6. The highest BCUT2D eigenvalue weighted by Crippen LogP contribution is 2.38. The molecule has 0 saturated carbocycles. The lowest BCUT2D eigenvalue weighted by atomic mass is 10.2. The van der Waals surface area contributed by atoms with Crippen molar-refractivity contribution in [2.45, 2.75) is 25.2 Å². The molecular weight excluding hydrogens is 292 g/mol. The van der Waals surface area contributed by atoms with Crippen molar-refractivity contribution in [3.8, 4) is 17.2 Å². The molecule has 0 aromatic heterocycles. The van der Waals surface area contributed by atoms with Crippen LogP contribution in [0.15, 0.2) is 12.1 Å². The zero-order valence-electron chi connectivity index (χ0n) is 12.8. The van der Waals surface area contributed by atoms with E-state index in [9.17, 15) is 9.90 Å². The van der Waals surface area contributed by atoms with E-state index in [4.69, 9.17) is 23.7 Å². The van der Waals surface area contributed by atoms with E-state index < -0.39 is 18.2 Å². The van der Waals surface area contributed by atoms with Gasteiger partial charge in [0.1, 0.15) is 6.10 Å². The molecule has 0 radical (unpaired) electrons. The molecule has 1 aliphatic rings. The third-order valence-electron chi connectivity index (χ3n) is 3.36. The lowest BCUT2D eigenvalue weighted by Gasteiger charge is -2.16. The second-order valence-corrected chi connectivity index (χ2v) is 4.85. The maximum Gasteiger partial charge on any atom is 0.309 e. The number of cyclic esters (lactones) is 1.